The molecular formula is C65H126O17P2. The fourth-order valence-electron chi connectivity index (χ4n) is 9.73. The molecule has 0 saturated heterocycles. The zero-order chi connectivity index (χ0) is 62.0. The van der Waals surface area contributed by atoms with E-state index in [4.69, 9.17) is 37.0 Å². The molecule has 0 aliphatic heterocycles. The van der Waals surface area contributed by atoms with E-state index >= 15 is 0 Å². The number of hydrogen-bond acceptors (Lipinski definition) is 15. The molecule has 84 heavy (non-hydrogen) atoms. The molecule has 3 unspecified atom stereocenters. The van der Waals surface area contributed by atoms with E-state index in [2.05, 4.69) is 34.6 Å². The first-order valence-electron chi connectivity index (χ1n) is 34.2. The molecule has 19 heteroatoms. The van der Waals surface area contributed by atoms with Gasteiger partial charge in [-0.15, -0.1) is 0 Å². The highest BCUT2D eigenvalue weighted by Gasteiger charge is 2.30. The van der Waals surface area contributed by atoms with Crippen LogP contribution in [0.4, 0.5) is 0 Å². The summed E-state index contributed by atoms with van der Waals surface area (Å²) in [7, 11) is -9.88. The number of aliphatic hydroxyl groups excluding tert-OH is 1. The number of aliphatic hydroxyl groups is 1. The summed E-state index contributed by atoms with van der Waals surface area (Å²) in [6, 6.07) is 0. The third kappa shape index (κ3) is 57.8. The van der Waals surface area contributed by atoms with Gasteiger partial charge in [0.25, 0.3) is 0 Å². The van der Waals surface area contributed by atoms with E-state index in [-0.39, 0.29) is 25.7 Å². The average molecular weight is 1240 g/mol. The highest BCUT2D eigenvalue weighted by molar-refractivity contribution is 7.47. The molecule has 0 radical (unpaired) electrons. The van der Waals surface area contributed by atoms with Gasteiger partial charge in [-0.25, -0.2) is 9.13 Å². The number of phosphoric acid groups is 2. The molecule has 0 saturated carbocycles. The first-order chi connectivity index (χ1) is 40.6. The lowest BCUT2D eigenvalue weighted by Crippen LogP contribution is -2.30. The number of carbonyl (C=O) groups is 4. The summed E-state index contributed by atoms with van der Waals surface area (Å²) in [4.78, 5) is 72.1. The first kappa shape index (κ1) is 82.1. The minimum absolute atomic E-state index is 0.103. The topological polar surface area (TPSA) is 237 Å². The zero-order valence-electron chi connectivity index (χ0n) is 54.0. The van der Waals surface area contributed by atoms with Gasteiger partial charge in [-0.2, -0.15) is 0 Å². The number of rotatable bonds is 65. The maximum Gasteiger partial charge on any atom is 0.472 e. The van der Waals surface area contributed by atoms with Crippen molar-refractivity contribution in [2.75, 3.05) is 39.6 Å². The summed E-state index contributed by atoms with van der Waals surface area (Å²) in [5.41, 5.74) is 0. The minimum atomic E-state index is -4.94. The van der Waals surface area contributed by atoms with Crippen LogP contribution in [0.5, 0.6) is 0 Å². The maximum absolute atomic E-state index is 13.0. The number of carbonyl (C=O) groups excluding carboxylic acids is 4. The molecule has 498 valence electrons. The van der Waals surface area contributed by atoms with Crippen molar-refractivity contribution >= 4 is 39.5 Å². The van der Waals surface area contributed by atoms with Crippen LogP contribution in [-0.4, -0.2) is 96.7 Å². The molecule has 0 aromatic heterocycles. The highest BCUT2D eigenvalue weighted by atomic mass is 31.2. The molecule has 0 fully saturated rings. The standard InChI is InChI=1S/C65H126O17P2/c1-6-10-13-16-19-21-23-24-25-26-27-29-31-34-40-45-50-64(69)81-60(55-76-63(68)49-44-39-33-30-28-22-20-17-14-11-7-2)56-79-83(71,72)77-52-59(66)53-78-84(73,74)80-57-61(54-75-62(67)48-43-38-32-18-15-12-8-3)82-65(70)51-46-41-36-35-37-42-47-58(5)9-4/h58-61,66H,6-57H2,1-5H3,(H,71,72)(H,73,74)/t58?,59-,60-,61-/m1/s1. The van der Waals surface area contributed by atoms with Gasteiger partial charge in [-0.1, -0.05) is 279 Å². The van der Waals surface area contributed by atoms with Gasteiger partial charge in [0.05, 0.1) is 26.4 Å². The summed E-state index contributed by atoms with van der Waals surface area (Å²) in [5.74, 6) is -1.42. The lowest BCUT2D eigenvalue weighted by atomic mass is 10.00. The Balaban J connectivity index is 5.20. The average Bonchev–Trinajstić information content (AvgIpc) is 3.47. The van der Waals surface area contributed by atoms with E-state index < -0.39 is 97.5 Å². The first-order valence-corrected chi connectivity index (χ1v) is 37.2. The Labute approximate surface area is 511 Å². The van der Waals surface area contributed by atoms with Gasteiger partial charge in [-0.3, -0.25) is 37.3 Å². The molecule has 0 heterocycles. The Morgan fingerprint density at radius 2 is 0.571 bits per heavy atom. The zero-order valence-corrected chi connectivity index (χ0v) is 55.8. The number of phosphoric ester groups is 2. The molecule has 0 aliphatic carbocycles. The van der Waals surface area contributed by atoms with Gasteiger partial charge in [0.2, 0.25) is 0 Å². The molecule has 0 rings (SSSR count). The smallest absolute Gasteiger partial charge is 0.462 e. The Morgan fingerprint density at radius 3 is 0.845 bits per heavy atom. The van der Waals surface area contributed by atoms with Gasteiger partial charge in [0.1, 0.15) is 19.3 Å². The van der Waals surface area contributed by atoms with Crippen LogP contribution in [0, 0.1) is 5.92 Å². The third-order valence-corrected chi connectivity index (χ3v) is 17.3. The van der Waals surface area contributed by atoms with E-state index in [0.29, 0.717) is 25.7 Å². The van der Waals surface area contributed by atoms with Gasteiger partial charge in [-0.05, 0) is 31.6 Å². The molecular weight excluding hydrogens is 1110 g/mol. The Kier molecular flexibility index (Phi) is 57.4. The van der Waals surface area contributed by atoms with Crippen molar-refractivity contribution in [1.29, 1.82) is 0 Å². The summed E-state index contributed by atoms with van der Waals surface area (Å²) in [5, 5.41) is 10.5. The maximum atomic E-state index is 13.0. The molecule has 0 aliphatic rings. The van der Waals surface area contributed by atoms with Crippen molar-refractivity contribution in [2.24, 2.45) is 5.92 Å². The quantitative estimate of drug-likeness (QED) is 0.0222. The largest absolute Gasteiger partial charge is 0.472 e. The van der Waals surface area contributed by atoms with E-state index in [1.165, 1.54) is 141 Å². The molecule has 6 atom stereocenters. The van der Waals surface area contributed by atoms with E-state index in [1.807, 2.05) is 0 Å². The molecule has 0 aromatic carbocycles. The van der Waals surface area contributed by atoms with Crippen molar-refractivity contribution in [3.05, 3.63) is 0 Å². The number of ether oxygens (including phenoxy) is 4. The van der Waals surface area contributed by atoms with Crippen LogP contribution in [0.1, 0.15) is 330 Å². The second-order valence-corrected chi connectivity index (χ2v) is 26.7. The number of hydrogen-bond donors (Lipinski definition) is 3. The van der Waals surface area contributed by atoms with Crippen molar-refractivity contribution in [2.45, 2.75) is 348 Å². The molecule has 0 amide bonds. The second-order valence-electron chi connectivity index (χ2n) is 23.7. The Hall–Kier alpha value is -1.94. The third-order valence-electron chi connectivity index (χ3n) is 15.4. The van der Waals surface area contributed by atoms with E-state index in [9.17, 15) is 43.2 Å². The molecule has 17 nitrogen and oxygen atoms in total. The van der Waals surface area contributed by atoms with E-state index in [0.717, 1.165) is 109 Å². The van der Waals surface area contributed by atoms with Gasteiger partial charge >= 0.3 is 39.5 Å². The van der Waals surface area contributed by atoms with Gasteiger partial charge < -0.3 is 33.8 Å². The van der Waals surface area contributed by atoms with Gasteiger partial charge in [0, 0.05) is 25.7 Å². The predicted molar refractivity (Wildman–Crippen MR) is 335 cm³/mol. The van der Waals surface area contributed by atoms with Crippen molar-refractivity contribution in [3.8, 4) is 0 Å². The highest BCUT2D eigenvalue weighted by Crippen LogP contribution is 2.45. The molecule has 0 spiro atoms. The number of unbranched alkanes of at least 4 members (excludes halogenated alkanes) is 36. The fraction of sp³-hybridized carbons (Fsp3) is 0.938. The van der Waals surface area contributed by atoms with Crippen LogP contribution in [0.2, 0.25) is 0 Å². The Bertz CT molecular complexity index is 1640. The SMILES string of the molecule is CCCCCCCCCCCCCCCCCCC(=O)O[C@H](COC(=O)CCCCCCCCCCCCC)COP(=O)(O)OC[C@@H](O)COP(=O)(O)OC[C@@H](COC(=O)CCCCCCCCC)OC(=O)CCCCCCCCC(C)CC. The minimum Gasteiger partial charge on any atom is -0.462 e. The fourth-order valence-corrected chi connectivity index (χ4v) is 11.3. The molecule has 0 aromatic rings. The predicted octanol–water partition coefficient (Wildman–Crippen LogP) is 18.2. The van der Waals surface area contributed by atoms with Crippen LogP contribution in [0.25, 0.3) is 0 Å². The molecule has 0 bridgehead atoms. The summed E-state index contributed by atoms with van der Waals surface area (Å²) in [6.45, 7) is 7.12. The number of esters is 4. The summed E-state index contributed by atoms with van der Waals surface area (Å²) in [6.07, 6.45) is 43.2. The van der Waals surface area contributed by atoms with E-state index in [1.54, 1.807) is 0 Å². The van der Waals surface area contributed by atoms with Crippen LogP contribution < -0.4 is 0 Å². The van der Waals surface area contributed by atoms with Crippen LogP contribution in [0.15, 0.2) is 0 Å². The van der Waals surface area contributed by atoms with Crippen LogP contribution in [-0.2, 0) is 65.4 Å². The summed E-state index contributed by atoms with van der Waals surface area (Å²) >= 11 is 0. The lowest BCUT2D eigenvalue weighted by Gasteiger charge is -2.21. The van der Waals surface area contributed by atoms with Crippen LogP contribution >= 0.6 is 15.6 Å². The molecule has 3 N–H and O–H groups in total. The normalized spacial score (nSPS) is 14.5. The summed E-state index contributed by atoms with van der Waals surface area (Å²) < 4.78 is 67.9. The van der Waals surface area contributed by atoms with Gasteiger partial charge in [0.15, 0.2) is 12.2 Å². The lowest BCUT2D eigenvalue weighted by molar-refractivity contribution is -0.161. The second kappa shape index (κ2) is 58.7. The van der Waals surface area contributed by atoms with Crippen molar-refractivity contribution < 1.29 is 80.2 Å². The van der Waals surface area contributed by atoms with Crippen LogP contribution in [0.3, 0.4) is 0 Å². The van der Waals surface area contributed by atoms with Crippen molar-refractivity contribution in [3.63, 3.8) is 0 Å². The van der Waals surface area contributed by atoms with Crippen molar-refractivity contribution in [1.82, 2.24) is 0 Å². The monoisotopic (exact) mass is 1240 g/mol. The Morgan fingerprint density at radius 1 is 0.333 bits per heavy atom.